The number of hydrogen-bond donors (Lipinski definition) is 4. The van der Waals surface area contributed by atoms with Crippen molar-refractivity contribution in [2.75, 3.05) is 11.5 Å². The highest BCUT2D eigenvalue weighted by atomic mass is 32.2. The summed E-state index contributed by atoms with van der Waals surface area (Å²) in [6, 6.07) is 3.86. The monoisotopic (exact) mass is 288 g/mol. The van der Waals surface area contributed by atoms with E-state index in [0.29, 0.717) is 5.69 Å². The second-order valence-corrected chi connectivity index (χ2v) is 5.23. The van der Waals surface area contributed by atoms with Gasteiger partial charge in [-0.25, -0.2) is 4.79 Å². The molecule has 9 heteroatoms. The minimum atomic E-state index is -4.52. The Bertz CT molecular complexity index is 581. The van der Waals surface area contributed by atoms with Gasteiger partial charge in [-0.3, -0.25) is 9.35 Å². The Kier molecular flexibility index (Phi) is 4.46. The molecule has 1 unspecified atom stereocenters. The third-order valence-corrected chi connectivity index (χ3v) is 2.91. The molecule has 0 radical (unpaired) electrons. The highest BCUT2D eigenvalue weighted by molar-refractivity contribution is 7.85. The molecule has 0 bridgehead atoms. The van der Waals surface area contributed by atoms with Crippen LogP contribution in [-0.4, -0.2) is 41.7 Å². The quantitative estimate of drug-likeness (QED) is 0.415. The fourth-order valence-corrected chi connectivity index (χ4v) is 1.91. The van der Waals surface area contributed by atoms with Crippen LogP contribution in [-0.2, 0) is 14.9 Å². The molecular formula is C10H12N2O6S. The number of nitrogen functional groups attached to an aromatic ring is 1. The van der Waals surface area contributed by atoms with Crippen LogP contribution in [0.4, 0.5) is 5.69 Å². The predicted octanol–water partition coefficient (Wildman–Crippen LogP) is -0.660. The highest BCUT2D eigenvalue weighted by Gasteiger charge is 2.26. The van der Waals surface area contributed by atoms with Crippen LogP contribution in [0.2, 0.25) is 0 Å². The van der Waals surface area contributed by atoms with Gasteiger partial charge in [0.1, 0.15) is 11.8 Å². The Morgan fingerprint density at radius 3 is 2.21 bits per heavy atom. The average Bonchev–Trinajstić information content (AvgIpc) is 2.27. The third kappa shape index (κ3) is 4.94. The van der Waals surface area contributed by atoms with Crippen molar-refractivity contribution in [2.45, 2.75) is 6.04 Å². The number of rotatable bonds is 5. The van der Waals surface area contributed by atoms with E-state index in [2.05, 4.69) is 0 Å². The maximum atomic E-state index is 11.7. The lowest BCUT2D eigenvalue weighted by molar-refractivity contribution is -0.138. The summed E-state index contributed by atoms with van der Waals surface area (Å²) >= 11 is 0. The van der Waals surface area contributed by atoms with Crippen molar-refractivity contribution in [3.05, 3.63) is 29.8 Å². The minimum Gasteiger partial charge on any atom is -0.480 e. The van der Waals surface area contributed by atoms with Crippen molar-refractivity contribution < 1.29 is 27.7 Å². The number of aliphatic carboxylic acids is 1. The number of carboxylic acids is 1. The van der Waals surface area contributed by atoms with Crippen molar-refractivity contribution in [1.82, 2.24) is 5.32 Å². The van der Waals surface area contributed by atoms with Gasteiger partial charge in [0.15, 0.2) is 0 Å². The van der Waals surface area contributed by atoms with Gasteiger partial charge in [0.25, 0.3) is 16.0 Å². The number of carbonyl (C=O) groups excluding carboxylic acids is 1. The van der Waals surface area contributed by atoms with Crippen LogP contribution < -0.4 is 11.1 Å². The van der Waals surface area contributed by atoms with E-state index < -0.39 is 33.8 Å². The molecule has 1 amide bonds. The SMILES string of the molecule is Nc1ccc(C(=O)NC(CS(=O)(=O)O)C(=O)O)cc1. The molecule has 0 saturated heterocycles. The van der Waals surface area contributed by atoms with Crippen LogP contribution in [0, 0.1) is 0 Å². The lowest BCUT2D eigenvalue weighted by Crippen LogP contribution is -2.45. The number of nitrogens with one attached hydrogen (secondary N) is 1. The van der Waals surface area contributed by atoms with Crippen LogP contribution in [0.1, 0.15) is 10.4 Å². The number of benzene rings is 1. The zero-order valence-corrected chi connectivity index (χ0v) is 10.4. The van der Waals surface area contributed by atoms with E-state index in [4.69, 9.17) is 15.4 Å². The molecule has 0 spiro atoms. The third-order valence-electron chi connectivity index (χ3n) is 2.15. The first-order valence-corrected chi connectivity index (χ1v) is 6.64. The fourth-order valence-electron chi connectivity index (χ4n) is 1.26. The number of carboxylic acid groups (broad SMARTS) is 1. The Morgan fingerprint density at radius 2 is 1.79 bits per heavy atom. The summed E-state index contributed by atoms with van der Waals surface area (Å²) in [6.07, 6.45) is 0. The Balaban J connectivity index is 2.82. The molecule has 5 N–H and O–H groups in total. The molecular weight excluding hydrogens is 276 g/mol. The van der Waals surface area contributed by atoms with E-state index in [1.54, 1.807) is 0 Å². The molecule has 1 aromatic rings. The number of hydrogen-bond acceptors (Lipinski definition) is 5. The molecule has 0 heterocycles. The number of amides is 1. The molecule has 104 valence electrons. The van der Waals surface area contributed by atoms with Gasteiger partial charge in [-0.05, 0) is 24.3 Å². The zero-order valence-electron chi connectivity index (χ0n) is 9.61. The lowest BCUT2D eigenvalue weighted by atomic mass is 10.2. The summed E-state index contributed by atoms with van der Waals surface area (Å²) in [5.74, 6) is -3.46. The first-order valence-electron chi connectivity index (χ1n) is 5.03. The first-order chi connectivity index (χ1) is 8.69. The van der Waals surface area contributed by atoms with E-state index >= 15 is 0 Å². The van der Waals surface area contributed by atoms with Crippen LogP contribution in [0.25, 0.3) is 0 Å². The molecule has 0 aromatic heterocycles. The van der Waals surface area contributed by atoms with Crippen LogP contribution in [0.15, 0.2) is 24.3 Å². The molecule has 1 rings (SSSR count). The standard InChI is InChI=1S/C10H12N2O6S/c11-7-3-1-6(2-4-7)9(13)12-8(10(14)15)5-19(16,17)18/h1-4,8H,5,11H2,(H,12,13)(H,14,15)(H,16,17,18). The largest absolute Gasteiger partial charge is 0.480 e. The van der Waals surface area contributed by atoms with E-state index in [-0.39, 0.29) is 5.56 Å². The summed E-state index contributed by atoms with van der Waals surface area (Å²) in [5.41, 5.74) is 5.96. The first kappa shape index (κ1) is 14.9. The van der Waals surface area contributed by atoms with Crippen LogP contribution in [0.3, 0.4) is 0 Å². The number of nitrogens with two attached hydrogens (primary N) is 1. The fraction of sp³-hybridized carbons (Fsp3) is 0.200. The molecule has 19 heavy (non-hydrogen) atoms. The topological polar surface area (TPSA) is 147 Å². The summed E-state index contributed by atoms with van der Waals surface area (Å²) in [5, 5.41) is 10.8. The average molecular weight is 288 g/mol. The van der Waals surface area contributed by atoms with E-state index in [9.17, 15) is 18.0 Å². The Morgan fingerprint density at radius 1 is 1.26 bits per heavy atom. The van der Waals surface area contributed by atoms with Gasteiger partial charge >= 0.3 is 5.97 Å². The molecule has 0 fully saturated rings. The van der Waals surface area contributed by atoms with Crippen LogP contribution in [0.5, 0.6) is 0 Å². The molecule has 0 aliphatic carbocycles. The minimum absolute atomic E-state index is 0.121. The maximum absolute atomic E-state index is 11.7. The highest BCUT2D eigenvalue weighted by Crippen LogP contribution is 2.06. The van der Waals surface area contributed by atoms with Crippen LogP contribution >= 0.6 is 0 Å². The number of carbonyl (C=O) groups is 2. The molecule has 1 atom stereocenters. The smallest absolute Gasteiger partial charge is 0.327 e. The van der Waals surface area contributed by atoms with Crippen molar-refractivity contribution in [3.8, 4) is 0 Å². The van der Waals surface area contributed by atoms with E-state index in [0.717, 1.165) is 0 Å². The second-order valence-electron chi connectivity index (χ2n) is 3.73. The predicted molar refractivity (Wildman–Crippen MR) is 66.2 cm³/mol. The molecule has 8 nitrogen and oxygen atoms in total. The van der Waals surface area contributed by atoms with Gasteiger partial charge in [0.05, 0.1) is 0 Å². The van der Waals surface area contributed by atoms with E-state index in [1.807, 2.05) is 5.32 Å². The van der Waals surface area contributed by atoms with Crippen molar-refractivity contribution in [3.63, 3.8) is 0 Å². The van der Waals surface area contributed by atoms with Gasteiger partial charge in [0, 0.05) is 11.3 Å². The summed E-state index contributed by atoms with van der Waals surface area (Å²) < 4.78 is 29.9. The van der Waals surface area contributed by atoms with Gasteiger partial charge in [-0.15, -0.1) is 0 Å². The number of anilines is 1. The molecule has 1 aromatic carbocycles. The molecule has 0 saturated carbocycles. The molecule has 0 aliphatic rings. The Hall–Kier alpha value is -2.13. The second kappa shape index (κ2) is 5.67. The molecule has 0 aliphatic heterocycles. The lowest BCUT2D eigenvalue weighted by Gasteiger charge is -2.12. The van der Waals surface area contributed by atoms with Crippen molar-refractivity contribution in [1.29, 1.82) is 0 Å². The maximum Gasteiger partial charge on any atom is 0.327 e. The van der Waals surface area contributed by atoms with E-state index in [1.165, 1.54) is 24.3 Å². The van der Waals surface area contributed by atoms with Crippen molar-refractivity contribution >= 4 is 27.7 Å². The summed E-state index contributed by atoms with van der Waals surface area (Å²) in [6.45, 7) is 0. The van der Waals surface area contributed by atoms with Gasteiger partial charge in [0.2, 0.25) is 0 Å². The van der Waals surface area contributed by atoms with Gasteiger partial charge < -0.3 is 16.2 Å². The van der Waals surface area contributed by atoms with Gasteiger partial charge in [-0.1, -0.05) is 0 Å². The summed E-state index contributed by atoms with van der Waals surface area (Å²) in [7, 11) is -4.52. The zero-order chi connectivity index (χ0) is 14.6. The van der Waals surface area contributed by atoms with Gasteiger partial charge in [-0.2, -0.15) is 8.42 Å². The normalized spacial score (nSPS) is 12.7. The summed E-state index contributed by atoms with van der Waals surface area (Å²) in [4.78, 5) is 22.5. The van der Waals surface area contributed by atoms with Crippen molar-refractivity contribution in [2.24, 2.45) is 0 Å². The Labute approximate surface area is 109 Å².